The number of anilines is 6. The molecular formula is C68H68N2O4S2. The van der Waals surface area contributed by atoms with Crippen molar-refractivity contribution in [3.05, 3.63) is 205 Å². The van der Waals surface area contributed by atoms with Crippen LogP contribution in [0, 0.1) is 0 Å². The number of rotatable bonds is 28. The smallest absolute Gasteiger partial charge is 0.150 e. The van der Waals surface area contributed by atoms with E-state index in [-0.39, 0.29) is 0 Å². The minimum absolute atomic E-state index is 0.608. The maximum absolute atomic E-state index is 11.8. The molecule has 0 saturated heterocycles. The lowest BCUT2D eigenvalue weighted by molar-refractivity contribution is 0.111. The topological polar surface area (TPSA) is 59.1 Å². The molecule has 0 atom stereocenters. The average molecular weight is 1040 g/mol. The second-order valence-corrected chi connectivity index (χ2v) is 21.4. The van der Waals surface area contributed by atoms with Gasteiger partial charge in [0.05, 0.1) is 13.2 Å². The zero-order valence-corrected chi connectivity index (χ0v) is 45.5. The molecule has 0 radical (unpaired) electrons. The van der Waals surface area contributed by atoms with Crippen LogP contribution in [0.25, 0.3) is 43.1 Å². The van der Waals surface area contributed by atoms with Gasteiger partial charge in [-0.25, -0.2) is 0 Å². The minimum Gasteiger partial charge on any atom is -0.493 e. The Labute approximate surface area is 458 Å². The van der Waals surface area contributed by atoms with Crippen molar-refractivity contribution in [1.29, 1.82) is 0 Å². The number of hydrogen-bond donors (Lipinski definition) is 0. The Bertz CT molecular complexity index is 2980. The first-order valence-corrected chi connectivity index (χ1v) is 28.8. The summed E-state index contributed by atoms with van der Waals surface area (Å²) in [6.45, 7) is 5.73. The van der Waals surface area contributed by atoms with Gasteiger partial charge in [0.15, 0.2) is 0 Å². The van der Waals surface area contributed by atoms with Crippen LogP contribution >= 0.6 is 22.7 Å². The lowest BCUT2D eigenvalue weighted by atomic mass is 10.0. The molecule has 9 aromatic rings. The molecule has 0 spiro atoms. The van der Waals surface area contributed by atoms with Crippen molar-refractivity contribution in [3.8, 4) is 54.6 Å². The molecule has 0 aliphatic heterocycles. The normalized spacial score (nSPS) is 11.1. The molecule has 0 fully saturated rings. The number of benzene rings is 7. The third kappa shape index (κ3) is 13.7. The van der Waals surface area contributed by atoms with Gasteiger partial charge in [-0.3, -0.25) is 9.59 Å². The van der Waals surface area contributed by atoms with E-state index in [1.54, 1.807) is 22.7 Å². The van der Waals surface area contributed by atoms with Crippen molar-refractivity contribution in [2.75, 3.05) is 23.0 Å². The summed E-state index contributed by atoms with van der Waals surface area (Å²) in [4.78, 5) is 30.3. The minimum atomic E-state index is 0.608. The summed E-state index contributed by atoms with van der Waals surface area (Å²) in [5, 5.41) is 2.06. The highest BCUT2D eigenvalue weighted by molar-refractivity contribution is 7.20. The monoisotopic (exact) mass is 1040 g/mol. The summed E-state index contributed by atoms with van der Waals surface area (Å²) in [6.07, 6.45) is 15.8. The zero-order chi connectivity index (χ0) is 52.3. The fourth-order valence-corrected chi connectivity index (χ4v) is 11.7. The lowest BCUT2D eigenvalue weighted by Crippen LogP contribution is -2.08. The number of carbonyl (C=O) groups excluding carboxylic acids is 2. The van der Waals surface area contributed by atoms with Crippen molar-refractivity contribution in [2.24, 2.45) is 0 Å². The highest BCUT2D eigenvalue weighted by Crippen LogP contribution is 2.50. The van der Waals surface area contributed by atoms with Crippen LogP contribution in [0.1, 0.15) is 112 Å². The van der Waals surface area contributed by atoms with Crippen LogP contribution in [0.5, 0.6) is 11.5 Å². The van der Waals surface area contributed by atoms with Crippen molar-refractivity contribution >= 4 is 68.0 Å². The average Bonchev–Trinajstić information content (AvgIpc) is 4.19. The summed E-state index contributed by atoms with van der Waals surface area (Å²) < 4.78 is 13.9. The van der Waals surface area contributed by atoms with Crippen LogP contribution in [0.4, 0.5) is 32.8 Å². The molecule has 2 aromatic heterocycles. The number of thiophene rings is 2. The molecule has 8 heteroatoms. The second-order valence-electron chi connectivity index (χ2n) is 19.3. The van der Waals surface area contributed by atoms with Crippen LogP contribution in [0.3, 0.4) is 0 Å². The van der Waals surface area contributed by atoms with Gasteiger partial charge < -0.3 is 19.3 Å². The third-order valence-corrected chi connectivity index (χ3v) is 16.0. The summed E-state index contributed by atoms with van der Waals surface area (Å²) >= 11 is 3.42. The van der Waals surface area contributed by atoms with Crippen LogP contribution in [-0.4, -0.2) is 25.8 Å². The van der Waals surface area contributed by atoms with Gasteiger partial charge in [0, 0.05) is 54.8 Å². The molecule has 0 saturated carbocycles. The fraction of sp³-hybridized carbons (Fsp3) is 0.235. The number of carbonyl (C=O) groups is 2. The number of hydrogen-bond acceptors (Lipinski definition) is 8. The Morgan fingerprint density at radius 3 is 1.05 bits per heavy atom. The molecule has 6 nitrogen and oxygen atoms in total. The van der Waals surface area contributed by atoms with E-state index < -0.39 is 0 Å². The molecule has 0 N–H and O–H groups in total. The largest absolute Gasteiger partial charge is 0.493 e. The number of aldehydes is 2. The molecule has 386 valence electrons. The summed E-state index contributed by atoms with van der Waals surface area (Å²) in [7, 11) is 0. The van der Waals surface area contributed by atoms with E-state index in [0.717, 1.165) is 126 Å². The van der Waals surface area contributed by atoms with Gasteiger partial charge in [-0.1, -0.05) is 163 Å². The van der Waals surface area contributed by atoms with E-state index in [0.29, 0.717) is 24.3 Å². The van der Waals surface area contributed by atoms with Gasteiger partial charge in [-0.2, -0.15) is 0 Å². The van der Waals surface area contributed by atoms with Crippen LogP contribution in [0.15, 0.2) is 194 Å². The first-order chi connectivity index (χ1) is 37.5. The maximum atomic E-state index is 11.8. The molecule has 9 rings (SSSR count). The summed E-state index contributed by atoms with van der Waals surface area (Å²) in [5.41, 5.74) is 11.8. The van der Waals surface area contributed by atoms with Crippen molar-refractivity contribution < 1.29 is 19.1 Å². The van der Waals surface area contributed by atoms with E-state index in [2.05, 4.69) is 157 Å². The molecule has 76 heavy (non-hydrogen) atoms. The molecule has 0 aliphatic carbocycles. The van der Waals surface area contributed by atoms with Gasteiger partial charge in [-0.15, -0.1) is 22.7 Å². The van der Waals surface area contributed by atoms with Gasteiger partial charge in [-0.05, 0) is 144 Å². The molecule has 0 amide bonds. The fourth-order valence-electron chi connectivity index (χ4n) is 9.58. The Hall–Kier alpha value is -7.52. The first-order valence-electron chi connectivity index (χ1n) is 27.2. The zero-order valence-electron chi connectivity index (χ0n) is 43.9. The van der Waals surface area contributed by atoms with Gasteiger partial charge in [0.2, 0.25) is 0 Å². The Kier molecular flexibility index (Phi) is 19.2. The molecule has 7 aromatic carbocycles. The van der Waals surface area contributed by atoms with Crippen LogP contribution in [-0.2, 0) is 0 Å². The second kappa shape index (κ2) is 27.3. The third-order valence-electron chi connectivity index (χ3n) is 13.8. The molecule has 2 heterocycles. The number of nitrogens with zero attached hydrogens (tertiary/aromatic N) is 2. The van der Waals surface area contributed by atoms with E-state index in [1.807, 2.05) is 60.7 Å². The standard InChI is InChI=1S/C68H68N2O4S2/c1-3-5-7-9-11-19-45-73-63-47-62(66-42-44-68(76-66)70(58-35-27-52(50-72)28-36-58)60-39-31-56(32-40-60)54-23-17-14-18-24-54)64(74-46-20-12-10-8-6-4-2)48-61(63)65-41-43-67(75-65)69(57-33-25-51(49-71)26-34-57)59-37-29-55(30-38-59)53-21-15-13-16-22-53/h13-18,21-44,47-50H,3-12,19-20,45-46H2,1-2H3. The highest BCUT2D eigenvalue weighted by atomic mass is 32.1. The summed E-state index contributed by atoms with van der Waals surface area (Å²) in [5.74, 6) is 1.65. The highest BCUT2D eigenvalue weighted by Gasteiger charge is 2.23. The number of ether oxygens (including phenoxy) is 2. The lowest BCUT2D eigenvalue weighted by Gasteiger charge is -2.24. The Morgan fingerprint density at radius 1 is 0.368 bits per heavy atom. The van der Waals surface area contributed by atoms with E-state index in [1.165, 1.54) is 51.4 Å². The number of unbranched alkanes of at least 4 members (excludes halogenated alkanes) is 10. The predicted molar refractivity (Wildman–Crippen MR) is 322 cm³/mol. The van der Waals surface area contributed by atoms with E-state index in [4.69, 9.17) is 9.47 Å². The molecular weight excluding hydrogens is 973 g/mol. The first kappa shape index (κ1) is 53.3. The van der Waals surface area contributed by atoms with Crippen molar-refractivity contribution in [1.82, 2.24) is 0 Å². The quantitative estimate of drug-likeness (QED) is 0.0360. The van der Waals surface area contributed by atoms with E-state index in [9.17, 15) is 9.59 Å². The summed E-state index contributed by atoms with van der Waals surface area (Å²) in [6, 6.07) is 67.1. The Balaban J connectivity index is 1.11. The van der Waals surface area contributed by atoms with Gasteiger partial charge in [0.1, 0.15) is 34.1 Å². The van der Waals surface area contributed by atoms with Gasteiger partial charge in [0.25, 0.3) is 0 Å². The Morgan fingerprint density at radius 2 is 0.697 bits per heavy atom. The molecule has 0 bridgehead atoms. The molecule has 0 aliphatic rings. The van der Waals surface area contributed by atoms with Crippen molar-refractivity contribution in [3.63, 3.8) is 0 Å². The van der Waals surface area contributed by atoms with Gasteiger partial charge >= 0.3 is 0 Å². The predicted octanol–water partition coefficient (Wildman–Crippen LogP) is 20.5. The van der Waals surface area contributed by atoms with Crippen LogP contribution < -0.4 is 19.3 Å². The van der Waals surface area contributed by atoms with Crippen molar-refractivity contribution in [2.45, 2.75) is 90.9 Å². The molecule has 0 unspecified atom stereocenters. The maximum Gasteiger partial charge on any atom is 0.150 e. The SMILES string of the molecule is CCCCCCCCOc1cc(-c2ccc(N(c3ccc(C=O)cc3)c3ccc(-c4ccccc4)cc3)s2)c(OCCCCCCCC)cc1-c1ccc(N(c2ccc(C=O)cc2)c2ccc(-c3ccccc3)cc2)s1. The van der Waals surface area contributed by atoms with Crippen LogP contribution in [0.2, 0.25) is 0 Å². The van der Waals surface area contributed by atoms with E-state index >= 15 is 0 Å².